The fraction of sp³-hybridized carbons (Fsp3) is 0.222. The van der Waals surface area contributed by atoms with Crippen molar-refractivity contribution in [2.75, 3.05) is 20.8 Å². The average molecular weight is 343 g/mol. The highest BCUT2D eigenvalue weighted by molar-refractivity contribution is 5.97. The largest absolute Gasteiger partial charge is 0.493 e. The monoisotopic (exact) mass is 343 g/mol. The lowest BCUT2D eigenvalue weighted by atomic mass is 10.2. The minimum Gasteiger partial charge on any atom is -0.493 e. The summed E-state index contributed by atoms with van der Waals surface area (Å²) in [6, 6.07) is 14.6. The number of ether oxygens (including phenoxy) is 2. The SMILES string of the molecule is COc1ccc(CNC(=O)CO/N=C(/N)c2ccccc2)cc1OC. The highest BCUT2D eigenvalue weighted by Crippen LogP contribution is 2.27. The third-order valence-electron chi connectivity index (χ3n) is 3.37. The van der Waals surface area contributed by atoms with E-state index >= 15 is 0 Å². The Morgan fingerprint density at radius 1 is 1.08 bits per heavy atom. The van der Waals surface area contributed by atoms with Gasteiger partial charge in [0.05, 0.1) is 14.2 Å². The van der Waals surface area contributed by atoms with Crippen LogP contribution in [0.25, 0.3) is 0 Å². The Labute approximate surface area is 146 Å². The molecule has 0 heterocycles. The maximum atomic E-state index is 11.8. The smallest absolute Gasteiger partial charge is 0.261 e. The summed E-state index contributed by atoms with van der Waals surface area (Å²) in [6.07, 6.45) is 0. The lowest BCUT2D eigenvalue weighted by Crippen LogP contribution is -2.27. The second-order valence-corrected chi connectivity index (χ2v) is 5.08. The van der Waals surface area contributed by atoms with Gasteiger partial charge in [-0.2, -0.15) is 0 Å². The lowest BCUT2D eigenvalue weighted by Gasteiger charge is -2.10. The molecule has 0 aliphatic carbocycles. The number of nitrogens with one attached hydrogen (secondary N) is 1. The number of amides is 1. The molecule has 0 bridgehead atoms. The first-order valence-corrected chi connectivity index (χ1v) is 7.62. The zero-order valence-electron chi connectivity index (χ0n) is 14.2. The highest BCUT2D eigenvalue weighted by atomic mass is 16.6. The molecule has 2 aromatic rings. The predicted molar refractivity (Wildman–Crippen MR) is 94.5 cm³/mol. The number of nitrogens with two attached hydrogens (primary N) is 1. The van der Waals surface area contributed by atoms with Gasteiger partial charge < -0.3 is 25.4 Å². The number of carbonyl (C=O) groups is 1. The van der Waals surface area contributed by atoms with Crippen LogP contribution < -0.4 is 20.5 Å². The van der Waals surface area contributed by atoms with E-state index < -0.39 is 0 Å². The molecule has 3 N–H and O–H groups in total. The molecule has 0 fully saturated rings. The molecule has 7 heteroatoms. The number of benzene rings is 2. The maximum absolute atomic E-state index is 11.8. The van der Waals surface area contributed by atoms with Crippen molar-refractivity contribution < 1.29 is 19.1 Å². The predicted octanol–water partition coefficient (Wildman–Crippen LogP) is 1.66. The van der Waals surface area contributed by atoms with Crippen molar-refractivity contribution in [3.8, 4) is 11.5 Å². The van der Waals surface area contributed by atoms with Crippen LogP contribution >= 0.6 is 0 Å². The first kappa shape index (κ1) is 18.1. The molecule has 1 amide bonds. The number of carbonyl (C=O) groups excluding carboxylic acids is 1. The van der Waals surface area contributed by atoms with Gasteiger partial charge in [0.15, 0.2) is 23.9 Å². The third-order valence-corrected chi connectivity index (χ3v) is 3.37. The summed E-state index contributed by atoms with van der Waals surface area (Å²) in [5, 5.41) is 6.47. The van der Waals surface area contributed by atoms with Gasteiger partial charge >= 0.3 is 0 Å². The first-order chi connectivity index (χ1) is 12.1. The van der Waals surface area contributed by atoms with E-state index in [1.165, 1.54) is 0 Å². The molecule has 0 spiro atoms. The number of oxime groups is 1. The number of amidine groups is 1. The summed E-state index contributed by atoms with van der Waals surface area (Å²) in [6.45, 7) is 0.112. The molecular weight excluding hydrogens is 322 g/mol. The molecule has 2 rings (SSSR count). The molecule has 0 aliphatic heterocycles. The van der Waals surface area contributed by atoms with Crippen LogP contribution in [0.1, 0.15) is 11.1 Å². The summed E-state index contributed by atoms with van der Waals surface area (Å²) in [4.78, 5) is 16.8. The van der Waals surface area contributed by atoms with Gasteiger partial charge in [-0.25, -0.2) is 0 Å². The van der Waals surface area contributed by atoms with E-state index in [4.69, 9.17) is 20.0 Å². The Kier molecular flexibility index (Phi) is 6.65. The highest BCUT2D eigenvalue weighted by Gasteiger charge is 2.07. The fourth-order valence-corrected chi connectivity index (χ4v) is 2.06. The number of methoxy groups -OCH3 is 2. The normalized spacial score (nSPS) is 10.9. The Morgan fingerprint density at radius 2 is 1.80 bits per heavy atom. The molecule has 0 unspecified atom stereocenters. The zero-order chi connectivity index (χ0) is 18.1. The standard InChI is InChI=1S/C18H21N3O4/c1-23-15-9-8-13(10-16(15)24-2)11-20-17(22)12-25-21-18(19)14-6-4-3-5-7-14/h3-10H,11-12H2,1-2H3,(H2,19,21)(H,20,22). The number of hydrogen-bond acceptors (Lipinski definition) is 5. The third kappa shape index (κ3) is 5.42. The summed E-state index contributed by atoms with van der Waals surface area (Å²) in [7, 11) is 3.13. The average Bonchev–Trinajstić information content (AvgIpc) is 2.66. The van der Waals surface area contributed by atoms with E-state index in [1.807, 2.05) is 24.3 Å². The van der Waals surface area contributed by atoms with E-state index in [-0.39, 0.29) is 18.3 Å². The molecule has 0 radical (unpaired) electrons. The van der Waals surface area contributed by atoms with Crippen LogP contribution in [-0.2, 0) is 16.2 Å². The van der Waals surface area contributed by atoms with Crippen LogP contribution in [0.15, 0.2) is 53.7 Å². The number of nitrogens with zero attached hydrogens (tertiary/aromatic N) is 1. The summed E-state index contributed by atoms with van der Waals surface area (Å²) in [5.74, 6) is 1.14. The first-order valence-electron chi connectivity index (χ1n) is 7.62. The van der Waals surface area contributed by atoms with Gasteiger partial charge in [0.2, 0.25) is 0 Å². The van der Waals surface area contributed by atoms with Crippen molar-refractivity contribution in [3.05, 3.63) is 59.7 Å². The van der Waals surface area contributed by atoms with Crippen molar-refractivity contribution >= 4 is 11.7 Å². The summed E-state index contributed by atoms with van der Waals surface area (Å²) < 4.78 is 10.4. The van der Waals surface area contributed by atoms with E-state index in [1.54, 1.807) is 38.5 Å². The second-order valence-electron chi connectivity index (χ2n) is 5.08. The van der Waals surface area contributed by atoms with Crippen molar-refractivity contribution in [1.29, 1.82) is 0 Å². The molecule has 0 aromatic heterocycles. The van der Waals surface area contributed by atoms with Crippen molar-refractivity contribution in [1.82, 2.24) is 5.32 Å². The molecule has 0 atom stereocenters. The summed E-state index contributed by atoms with van der Waals surface area (Å²) >= 11 is 0. The van der Waals surface area contributed by atoms with Gasteiger partial charge in [-0.15, -0.1) is 0 Å². The van der Waals surface area contributed by atoms with Crippen LogP contribution in [0.4, 0.5) is 0 Å². The van der Waals surface area contributed by atoms with Crippen LogP contribution in [0.3, 0.4) is 0 Å². The minimum absolute atomic E-state index is 0.216. The molecule has 132 valence electrons. The van der Waals surface area contributed by atoms with E-state index in [9.17, 15) is 4.79 Å². The fourth-order valence-electron chi connectivity index (χ4n) is 2.06. The van der Waals surface area contributed by atoms with Crippen LogP contribution in [-0.4, -0.2) is 32.6 Å². The molecular formula is C18H21N3O4. The maximum Gasteiger partial charge on any atom is 0.261 e. The molecule has 7 nitrogen and oxygen atoms in total. The van der Waals surface area contributed by atoms with E-state index in [0.717, 1.165) is 11.1 Å². The molecule has 2 aromatic carbocycles. The molecule has 0 saturated carbocycles. The van der Waals surface area contributed by atoms with E-state index in [2.05, 4.69) is 10.5 Å². The van der Waals surface area contributed by atoms with Gasteiger partial charge in [0.25, 0.3) is 5.91 Å². The quantitative estimate of drug-likeness (QED) is 0.432. The van der Waals surface area contributed by atoms with Crippen LogP contribution in [0.5, 0.6) is 11.5 Å². The topological polar surface area (TPSA) is 95.2 Å². The Balaban J connectivity index is 1.81. The molecule has 25 heavy (non-hydrogen) atoms. The van der Waals surface area contributed by atoms with Gasteiger partial charge in [-0.3, -0.25) is 4.79 Å². The summed E-state index contributed by atoms with van der Waals surface area (Å²) in [5.41, 5.74) is 7.38. The van der Waals surface area contributed by atoms with Gasteiger partial charge in [0.1, 0.15) is 0 Å². The second kappa shape index (κ2) is 9.17. The van der Waals surface area contributed by atoms with Gasteiger partial charge in [0, 0.05) is 12.1 Å². The Hall–Kier alpha value is -3.22. The number of hydrogen-bond donors (Lipinski definition) is 2. The Morgan fingerprint density at radius 3 is 2.48 bits per heavy atom. The van der Waals surface area contributed by atoms with Crippen LogP contribution in [0, 0.1) is 0 Å². The van der Waals surface area contributed by atoms with Crippen LogP contribution in [0.2, 0.25) is 0 Å². The van der Waals surface area contributed by atoms with Crippen molar-refractivity contribution in [2.24, 2.45) is 10.9 Å². The van der Waals surface area contributed by atoms with Crippen molar-refractivity contribution in [3.63, 3.8) is 0 Å². The lowest BCUT2D eigenvalue weighted by molar-refractivity contribution is -0.125. The number of rotatable bonds is 8. The molecule has 0 aliphatic rings. The minimum atomic E-state index is -0.306. The van der Waals surface area contributed by atoms with Gasteiger partial charge in [-0.05, 0) is 17.7 Å². The Bertz CT molecular complexity index is 732. The zero-order valence-corrected chi connectivity index (χ0v) is 14.2. The molecule has 0 saturated heterocycles. The van der Waals surface area contributed by atoms with E-state index in [0.29, 0.717) is 18.0 Å². The van der Waals surface area contributed by atoms with Crippen molar-refractivity contribution in [2.45, 2.75) is 6.54 Å². The van der Waals surface area contributed by atoms with Gasteiger partial charge in [-0.1, -0.05) is 41.6 Å².